The highest BCUT2D eigenvalue weighted by Crippen LogP contribution is 2.17. The Kier molecular flexibility index (Phi) is 3.23. The maximum Gasteiger partial charge on any atom is 0.257 e. The zero-order valence-electron chi connectivity index (χ0n) is 9.77. The molecule has 4 nitrogen and oxygen atoms in total. The van der Waals surface area contributed by atoms with Crippen LogP contribution < -0.4 is 11.1 Å². The third-order valence-electron chi connectivity index (χ3n) is 2.41. The minimum atomic E-state index is -0.566. The summed E-state index contributed by atoms with van der Waals surface area (Å²) in [4.78, 5) is 15.8. The first-order valence-corrected chi connectivity index (χ1v) is 5.35. The van der Waals surface area contributed by atoms with Gasteiger partial charge in [-0.25, -0.2) is 4.39 Å². The number of pyridine rings is 1. The van der Waals surface area contributed by atoms with E-state index in [4.69, 9.17) is 5.73 Å². The van der Waals surface area contributed by atoms with Gasteiger partial charge in [-0.3, -0.25) is 9.78 Å². The molecule has 1 aromatic heterocycles. The maximum absolute atomic E-state index is 13.5. The van der Waals surface area contributed by atoms with Crippen molar-refractivity contribution in [2.45, 2.75) is 6.92 Å². The topological polar surface area (TPSA) is 68.0 Å². The number of carbonyl (C=O) groups excluding carboxylic acids is 1. The summed E-state index contributed by atoms with van der Waals surface area (Å²) < 4.78 is 13.5. The van der Waals surface area contributed by atoms with Gasteiger partial charge in [0.05, 0.1) is 11.3 Å². The number of hydrogen-bond acceptors (Lipinski definition) is 3. The van der Waals surface area contributed by atoms with Crippen molar-refractivity contribution in [2.75, 3.05) is 11.1 Å². The minimum Gasteiger partial charge on any atom is -0.399 e. The van der Waals surface area contributed by atoms with Gasteiger partial charge in [-0.1, -0.05) is 0 Å². The normalized spacial score (nSPS) is 10.1. The smallest absolute Gasteiger partial charge is 0.257 e. The molecule has 0 aliphatic carbocycles. The number of nitrogens with one attached hydrogen (secondary N) is 1. The molecule has 0 aliphatic heterocycles. The second-order valence-electron chi connectivity index (χ2n) is 3.88. The molecule has 18 heavy (non-hydrogen) atoms. The number of nitrogens with two attached hydrogens (primary N) is 1. The van der Waals surface area contributed by atoms with Gasteiger partial charge in [0.2, 0.25) is 0 Å². The SMILES string of the molecule is Cc1ccc(C(=O)Nc2ccc(N)cc2F)cn1. The van der Waals surface area contributed by atoms with Crippen LogP contribution in [0.5, 0.6) is 0 Å². The fourth-order valence-corrected chi connectivity index (χ4v) is 1.43. The molecule has 92 valence electrons. The molecule has 0 radical (unpaired) electrons. The number of carbonyl (C=O) groups is 1. The van der Waals surface area contributed by atoms with Crippen molar-refractivity contribution in [3.8, 4) is 0 Å². The van der Waals surface area contributed by atoms with E-state index in [1.807, 2.05) is 6.92 Å². The molecule has 1 heterocycles. The van der Waals surface area contributed by atoms with Crippen molar-refractivity contribution in [2.24, 2.45) is 0 Å². The van der Waals surface area contributed by atoms with Gasteiger partial charge in [0.25, 0.3) is 5.91 Å². The average Bonchev–Trinajstić information content (AvgIpc) is 2.33. The van der Waals surface area contributed by atoms with Gasteiger partial charge < -0.3 is 11.1 Å². The van der Waals surface area contributed by atoms with Crippen LogP contribution in [0.25, 0.3) is 0 Å². The Hall–Kier alpha value is -2.43. The van der Waals surface area contributed by atoms with E-state index < -0.39 is 11.7 Å². The van der Waals surface area contributed by atoms with Crippen LogP contribution in [0.2, 0.25) is 0 Å². The monoisotopic (exact) mass is 245 g/mol. The molecular formula is C13H12FN3O. The van der Waals surface area contributed by atoms with Crippen molar-refractivity contribution in [1.29, 1.82) is 0 Å². The number of halogens is 1. The summed E-state index contributed by atoms with van der Waals surface area (Å²) in [6.07, 6.45) is 1.44. The number of aryl methyl sites for hydroxylation is 1. The lowest BCUT2D eigenvalue weighted by atomic mass is 10.2. The molecular weight excluding hydrogens is 233 g/mol. The van der Waals surface area contributed by atoms with E-state index in [0.29, 0.717) is 11.3 Å². The lowest BCUT2D eigenvalue weighted by molar-refractivity contribution is 0.102. The van der Waals surface area contributed by atoms with E-state index >= 15 is 0 Å². The molecule has 0 aliphatic rings. The van der Waals surface area contributed by atoms with Crippen molar-refractivity contribution in [3.63, 3.8) is 0 Å². The van der Waals surface area contributed by atoms with E-state index in [1.165, 1.54) is 18.3 Å². The molecule has 0 spiro atoms. The van der Waals surface area contributed by atoms with Gasteiger partial charge in [0, 0.05) is 17.6 Å². The molecule has 0 atom stereocenters. The quantitative estimate of drug-likeness (QED) is 0.798. The largest absolute Gasteiger partial charge is 0.399 e. The van der Waals surface area contributed by atoms with Crippen LogP contribution in [0.15, 0.2) is 36.5 Å². The number of amides is 1. The molecule has 3 N–H and O–H groups in total. The van der Waals surface area contributed by atoms with E-state index in [0.717, 1.165) is 11.8 Å². The Balaban J connectivity index is 2.18. The predicted octanol–water partition coefficient (Wildman–Crippen LogP) is 2.36. The molecule has 5 heteroatoms. The Morgan fingerprint density at radius 3 is 2.72 bits per heavy atom. The summed E-state index contributed by atoms with van der Waals surface area (Å²) in [5.41, 5.74) is 7.01. The van der Waals surface area contributed by atoms with E-state index in [2.05, 4.69) is 10.3 Å². The number of hydrogen-bond donors (Lipinski definition) is 2. The molecule has 1 aromatic carbocycles. The van der Waals surface area contributed by atoms with E-state index in [-0.39, 0.29) is 5.69 Å². The Morgan fingerprint density at radius 2 is 2.11 bits per heavy atom. The summed E-state index contributed by atoms with van der Waals surface area (Å²) in [5, 5.41) is 2.46. The van der Waals surface area contributed by atoms with Gasteiger partial charge in [-0.2, -0.15) is 0 Å². The first kappa shape index (κ1) is 12.0. The fourth-order valence-electron chi connectivity index (χ4n) is 1.43. The van der Waals surface area contributed by atoms with Crippen LogP contribution in [0.3, 0.4) is 0 Å². The predicted molar refractivity (Wildman–Crippen MR) is 67.7 cm³/mol. The molecule has 2 rings (SSSR count). The van der Waals surface area contributed by atoms with Gasteiger partial charge in [0.1, 0.15) is 5.82 Å². The van der Waals surface area contributed by atoms with Crippen LogP contribution in [-0.2, 0) is 0 Å². The van der Waals surface area contributed by atoms with E-state index in [9.17, 15) is 9.18 Å². The molecule has 2 aromatic rings. The minimum absolute atomic E-state index is 0.0924. The summed E-state index contributed by atoms with van der Waals surface area (Å²) in [5.74, 6) is -0.977. The molecule has 0 saturated heterocycles. The Labute approximate surface area is 104 Å². The first-order chi connectivity index (χ1) is 8.56. The Morgan fingerprint density at radius 1 is 1.33 bits per heavy atom. The molecule has 0 bridgehead atoms. The second-order valence-corrected chi connectivity index (χ2v) is 3.88. The van der Waals surface area contributed by atoms with Crippen LogP contribution in [0.4, 0.5) is 15.8 Å². The lowest BCUT2D eigenvalue weighted by Crippen LogP contribution is -2.13. The third kappa shape index (κ3) is 2.63. The van der Waals surface area contributed by atoms with Gasteiger partial charge in [-0.15, -0.1) is 0 Å². The number of nitrogen functional groups attached to an aromatic ring is 1. The van der Waals surface area contributed by atoms with Crippen molar-refractivity contribution in [1.82, 2.24) is 4.98 Å². The number of anilines is 2. The van der Waals surface area contributed by atoms with Crippen molar-refractivity contribution >= 4 is 17.3 Å². The molecule has 1 amide bonds. The van der Waals surface area contributed by atoms with Crippen molar-refractivity contribution in [3.05, 3.63) is 53.6 Å². The maximum atomic E-state index is 13.5. The average molecular weight is 245 g/mol. The molecule has 0 unspecified atom stereocenters. The van der Waals surface area contributed by atoms with Gasteiger partial charge >= 0.3 is 0 Å². The first-order valence-electron chi connectivity index (χ1n) is 5.35. The highest BCUT2D eigenvalue weighted by molar-refractivity contribution is 6.04. The highest BCUT2D eigenvalue weighted by atomic mass is 19.1. The van der Waals surface area contributed by atoms with Crippen LogP contribution in [-0.4, -0.2) is 10.9 Å². The van der Waals surface area contributed by atoms with Gasteiger partial charge in [-0.05, 0) is 37.3 Å². The van der Waals surface area contributed by atoms with Crippen LogP contribution >= 0.6 is 0 Å². The zero-order chi connectivity index (χ0) is 13.1. The zero-order valence-corrected chi connectivity index (χ0v) is 9.77. The summed E-state index contributed by atoms with van der Waals surface area (Å²) in [7, 11) is 0. The lowest BCUT2D eigenvalue weighted by Gasteiger charge is -2.06. The molecule has 0 fully saturated rings. The van der Waals surface area contributed by atoms with Crippen LogP contribution in [0, 0.1) is 12.7 Å². The third-order valence-corrected chi connectivity index (χ3v) is 2.41. The van der Waals surface area contributed by atoms with Crippen molar-refractivity contribution < 1.29 is 9.18 Å². The number of nitrogens with zero attached hydrogens (tertiary/aromatic N) is 1. The summed E-state index contributed by atoms with van der Waals surface area (Å²) in [6, 6.07) is 7.44. The number of rotatable bonds is 2. The molecule has 0 saturated carbocycles. The standard InChI is InChI=1S/C13H12FN3O/c1-8-2-3-9(7-16-8)13(18)17-12-5-4-10(15)6-11(12)14/h2-7H,15H2,1H3,(H,17,18). The number of aromatic nitrogens is 1. The van der Waals surface area contributed by atoms with E-state index in [1.54, 1.807) is 12.1 Å². The second kappa shape index (κ2) is 4.83. The van der Waals surface area contributed by atoms with Gasteiger partial charge in [0.15, 0.2) is 0 Å². The fraction of sp³-hybridized carbons (Fsp3) is 0.0769. The summed E-state index contributed by atoms with van der Waals surface area (Å²) >= 11 is 0. The number of benzene rings is 1. The Bertz CT molecular complexity index is 581. The summed E-state index contributed by atoms with van der Waals surface area (Å²) in [6.45, 7) is 1.82. The van der Waals surface area contributed by atoms with Crippen LogP contribution in [0.1, 0.15) is 16.1 Å². The highest BCUT2D eigenvalue weighted by Gasteiger charge is 2.09.